The van der Waals surface area contributed by atoms with E-state index in [1.165, 1.54) is 12.0 Å². The van der Waals surface area contributed by atoms with E-state index in [9.17, 15) is 0 Å². The maximum Gasteiger partial charge on any atom is 0.119 e. The van der Waals surface area contributed by atoms with Crippen LogP contribution in [0, 0.1) is 0 Å². The largest absolute Gasteiger partial charge is 0.497 e. The molecule has 17 heavy (non-hydrogen) atoms. The summed E-state index contributed by atoms with van der Waals surface area (Å²) in [5.74, 6) is 0.915. The van der Waals surface area contributed by atoms with Crippen molar-refractivity contribution < 1.29 is 4.74 Å². The van der Waals surface area contributed by atoms with Gasteiger partial charge in [0.1, 0.15) is 5.75 Å². The van der Waals surface area contributed by atoms with E-state index in [-0.39, 0.29) is 6.04 Å². The molecule has 3 nitrogen and oxygen atoms in total. The third kappa shape index (κ3) is 2.61. The lowest BCUT2D eigenvalue weighted by molar-refractivity contribution is 0.248. The Morgan fingerprint density at radius 2 is 2.29 bits per heavy atom. The molecule has 1 aliphatic rings. The monoisotopic (exact) mass is 234 g/mol. The fourth-order valence-corrected chi connectivity index (χ4v) is 2.70. The van der Waals surface area contributed by atoms with E-state index in [1.807, 2.05) is 12.1 Å². The van der Waals surface area contributed by atoms with Crippen molar-refractivity contribution in [2.45, 2.75) is 31.8 Å². The van der Waals surface area contributed by atoms with E-state index in [2.05, 4.69) is 24.0 Å². The highest BCUT2D eigenvalue weighted by atomic mass is 16.5. The van der Waals surface area contributed by atoms with Crippen LogP contribution in [-0.4, -0.2) is 31.1 Å². The summed E-state index contributed by atoms with van der Waals surface area (Å²) in [7, 11) is 1.71. The Bertz CT molecular complexity index is 365. The van der Waals surface area contributed by atoms with Gasteiger partial charge in [0.05, 0.1) is 13.2 Å². The van der Waals surface area contributed by atoms with E-state index >= 15 is 0 Å². The Hall–Kier alpha value is -1.06. The third-order valence-corrected chi connectivity index (χ3v) is 3.49. The fraction of sp³-hybridized carbons (Fsp3) is 0.571. The van der Waals surface area contributed by atoms with Crippen LogP contribution < -0.4 is 10.5 Å². The minimum absolute atomic E-state index is 0.244. The summed E-state index contributed by atoms with van der Waals surface area (Å²) >= 11 is 0. The van der Waals surface area contributed by atoms with E-state index < -0.39 is 0 Å². The van der Waals surface area contributed by atoms with E-state index in [4.69, 9.17) is 10.5 Å². The Kier molecular flexibility index (Phi) is 4.02. The summed E-state index contributed by atoms with van der Waals surface area (Å²) in [6, 6.07) is 8.88. The van der Waals surface area contributed by atoms with Crippen LogP contribution in [0.5, 0.6) is 5.75 Å². The van der Waals surface area contributed by atoms with Gasteiger partial charge in [-0.3, -0.25) is 4.90 Å². The molecule has 1 fully saturated rings. The zero-order valence-electron chi connectivity index (χ0n) is 10.7. The second-order valence-electron chi connectivity index (χ2n) is 4.71. The summed E-state index contributed by atoms with van der Waals surface area (Å²) in [6.45, 7) is 4.44. The summed E-state index contributed by atoms with van der Waals surface area (Å²) in [4.78, 5) is 2.49. The van der Waals surface area contributed by atoms with Crippen LogP contribution in [0.2, 0.25) is 0 Å². The van der Waals surface area contributed by atoms with Gasteiger partial charge < -0.3 is 10.5 Å². The molecular formula is C14H22N2O. The second-order valence-corrected chi connectivity index (χ2v) is 4.71. The van der Waals surface area contributed by atoms with E-state index in [1.54, 1.807) is 7.11 Å². The molecule has 1 aromatic carbocycles. The van der Waals surface area contributed by atoms with Crippen LogP contribution in [0.25, 0.3) is 0 Å². The van der Waals surface area contributed by atoms with Gasteiger partial charge in [0.15, 0.2) is 0 Å². The van der Waals surface area contributed by atoms with Crippen molar-refractivity contribution in [2.75, 3.05) is 20.2 Å². The van der Waals surface area contributed by atoms with Crippen molar-refractivity contribution >= 4 is 0 Å². The fourth-order valence-electron chi connectivity index (χ4n) is 2.70. The Morgan fingerprint density at radius 1 is 1.47 bits per heavy atom. The Labute approximate surface area is 104 Å². The van der Waals surface area contributed by atoms with Gasteiger partial charge in [-0.05, 0) is 37.1 Å². The molecule has 2 atom stereocenters. The second kappa shape index (κ2) is 5.52. The first-order valence-corrected chi connectivity index (χ1v) is 6.40. The SMILES string of the molecule is CCCN1CC[C@H](N)[C@H]1c1cccc(OC)c1. The molecular weight excluding hydrogens is 212 g/mol. The van der Waals surface area contributed by atoms with Crippen molar-refractivity contribution in [3.8, 4) is 5.75 Å². The molecule has 3 heteroatoms. The standard InChI is InChI=1S/C14H22N2O/c1-3-8-16-9-7-13(15)14(16)11-5-4-6-12(10-11)17-2/h4-6,10,13-14H,3,7-9,15H2,1-2H3/t13-,14+/m0/s1. The van der Waals surface area contributed by atoms with Gasteiger partial charge in [-0.15, -0.1) is 0 Å². The molecule has 2 rings (SSSR count). The third-order valence-electron chi connectivity index (χ3n) is 3.49. The maximum atomic E-state index is 6.24. The van der Waals surface area contributed by atoms with Crippen molar-refractivity contribution in [2.24, 2.45) is 5.73 Å². The minimum atomic E-state index is 0.244. The lowest BCUT2D eigenvalue weighted by atomic mass is 10.0. The normalized spacial score (nSPS) is 25.1. The molecule has 0 bridgehead atoms. The van der Waals surface area contributed by atoms with E-state index in [0.717, 1.165) is 25.3 Å². The van der Waals surface area contributed by atoms with Gasteiger partial charge in [-0.2, -0.15) is 0 Å². The molecule has 1 aromatic rings. The van der Waals surface area contributed by atoms with Crippen molar-refractivity contribution in [3.63, 3.8) is 0 Å². The summed E-state index contributed by atoms with van der Waals surface area (Å²) in [5, 5.41) is 0. The summed E-state index contributed by atoms with van der Waals surface area (Å²) in [5.41, 5.74) is 7.52. The molecule has 1 aliphatic heterocycles. The highest BCUT2D eigenvalue weighted by Crippen LogP contribution is 2.32. The number of hydrogen-bond acceptors (Lipinski definition) is 3. The molecule has 0 amide bonds. The van der Waals surface area contributed by atoms with Gasteiger partial charge in [-0.1, -0.05) is 19.1 Å². The number of benzene rings is 1. The van der Waals surface area contributed by atoms with Gasteiger partial charge in [-0.25, -0.2) is 0 Å². The van der Waals surface area contributed by atoms with Crippen LogP contribution in [0.3, 0.4) is 0 Å². The lowest BCUT2D eigenvalue weighted by Gasteiger charge is -2.27. The zero-order chi connectivity index (χ0) is 12.3. The smallest absolute Gasteiger partial charge is 0.119 e. The minimum Gasteiger partial charge on any atom is -0.497 e. The predicted octanol–water partition coefficient (Wildman–Crippen LogP) is 2.18. The van der Waals surface area contributed by atoms with Crippen molar-refractivity contribution in [1.82, 2.24) is 4.90 Å². The molecule has 0 spiro atoms. The molecule has 0 aromatic heterocycles. The number of nitrogens with zero attached hydrogens (tertiary/aromatic N) is 1. The Balaban J connectivity index is 2.22. The van der Waals surface area contributed by atoms with Gasteiger partial charge >= 0.3 is 0 Å². The number of ether oxygens (including phenoxy) is 1. The quantitative estimate of drug-likeness (QED) is 0.868. The van der Waals surface area contributed by atoms with Crippen LogP contribution in [0.1, 0.15) is 31.4 Å². The average molecular weight is 234 g/mol. The van der Waals surface area contributed by atoms with Crippen LogP contribution in [0.15, 0.2) is 24.3 Å². The van der Waals surface area contributed by atoms with Crippen LogP contribution in [0.4, 0.5) is 0 Å². The summed E-state index contributed by atoms with van der Waals surface area (Å²) in [6.07, 6.45) is 2.26. The number of methoxy groups -OCH3 is 1. The van der Waals surface area contributed by atoms with Gasteiger partial charge in [0.2, 0.25) is 0 Å². The first-order chi connectivity index (χ1) is 8.26. The number of rotatable bonds is 4. The average Bonchev–Trinajstić information content (AvgIpc) is 2.71. The first kappa shape index (κ1) is 12.4. The first-order valence-electron chi connectivity index (χ1n) is 6.40. The Morgan fingerprint density at radius 3 is 3.00 bits per heavy atom. The summed E-state index contributed by atoms with van der Waals surface area (Å²) < 4.78 is 5.29. The molecule has 2 N–H and O–H groups in total. The van der Waals surface area contributed by atoms with Gasteiger partial charge in [0, 0.05) is 12.6 Å². The predicted molar refractivity (Wildman–Crippen MR) is 70.2 cm³/mol. The van der Waals surface area contributed by atoms with E-state index in [0.29, 0.717) is 6.04 Å². The highest BCUT2D eigenvalue weighted by Gasteiger charge is 2.32. The molecule has 0 radical (unpaired) electrons. The molecule has 94 valence electrons. The van der Waals surface area contributed by atoms with Crippen molar-refractivity contribution in [3.05, 3.63) is 29.8 Å². The van der Waals surface area contributed by atoms with Crippen LogP contribution >= 0.6 is 0 Å². The van der Waals surface area contributed by atoms with Crippen molar-refractivity contribution in [1.29, 1.82) is 0 Å². The maximum absolute atomic E-state index is 6.24. The molecule has 1 saturated heterocycles. The number of likely N-dealkylation sites (tertiary alicyclic amines) is 1. The topological polar surface area (TPSA) is 38.5 Å². The number of hydrogen-bond donors (Lipinski definition) is 1. The van der Waals surface area contributed by atoms with Gasteiger partial charge in [0.25, 0.3) is 0 Å². The molecule has 0 unspecified atom stereocenters. The number of nitrogens with two attached hydrogens (primary N) is 1. The highest BCUT2D eigenvalue weighted by molar-refractivity contribution is 5.32. The molecule has 1 heterocycles. The van der Waals surface area contributed by atoms with Crippen LogP contribution in [-0.2, 0) is 0 Å². The zero-order valence-corrected chi connectivity index (χ0v) is 10.7. The molecule has 0 saturated carbocycles. The lowest BCUT2D eigenvalue weighted by Crippen LogP contribution is -2.32. The molecule has 0 aliphatic carbocycles.